The lowest BCUT2D eigenvalue weighted by molar-refractivity contribution is 0.0584. The number of rotatable bonds is 3. The third-order valence-corrected chi connectivity index (χ3v) is 4.23. The first-order chi connectivity index (χ1) is 9.78. The number of benzene rings is 2. The molecule has 3 heteroatoms. The van der Waals surface area contributed by atoms with Gasteiger partial charge in [-0.05, 0) is 53.3 Å². The van der Waals surface area contributed by atoms with E-state index in [1.807, 2.05) is 6.07 Å². The third-order valence-electron chi connectivity index (χ3n) is 4.23. The van der Waals surface area contributed by atoms with Crippen LogP contribution in [-0.2, 0) is 4.74 Å². The van der Waals surface area contributed by atoms with Crippen molar-refractivity contribution < 1.29 is 9.47 Å². The fourth-order valence-corrected chi connectivity index (χ4v) is 2.92. The van der Waals surface area contributed by atoms with Gasteiger partial charge in [0.05, 0.1) is 7.11 Å². The number of methoxy groups -OCH3 is 1. The number of fused-ring (bicyclic) bond motifs is 1. The maximum Gasteiger partial charge on any atom is 0.119 e. The second kappa shape index (κ2) is 5.81. The minimum atomic E-state index is 0.102. The topological polar surface area (TPSA) is 44.5 Å². The molecular formula is C17H21NO2. The SMILES string of the molecule is COc1ccc2cc(C(N)C3CCOCC3)ccc2c1. The van der Waals surface area contributed by atoms with Crippen molar-refractivity contribution >= 4 is 10.8 Å². The van der Waals surface area contributed by atoms with Gasteiger partial charge in [-0.1, -0.05) is 18.2 Å². The van der Waals surface area contributed by atoms with E-state index in [1.54, 1.807) is 7.11 Å². The highest BCUT2D eigenvalue weighted by molar-refractivity contribution is 5.84. The van der Waals surface area contributed by atoms with Crippen molar-refractivity contribution in [2.45, 2.75) is 18.9 Å². The molecular weight excluding hydrogens is 250 g/mol. The van der Waals surface area contributed by atoms with Crippen molar-refractivity contribution in [2.75, 3.05) is 20.3 Å². The van der Waals surface area contributed by atoms with Crippen molar-refractivity contribution in [2.24, 2.45) is 11.7 Å². The average Bonchev–Trinajstić information content (AvgIpc) is 2.54. The molecule has 3 nitrogen and oxygen atoms in total. The summed E-state index contributed by atoms with van der Waals surface area (Å²) in [6, 6.07) is 12.7. The van der Waals surface area contributed by atoms with Crippen LogP contribution >= 0.6 is 0 Å². The van der Waals surface area contributed by atoms with Crippen LogP contribution in [0.3, 0.4) is 0 Å². The lowest BCUT2D eigenvalue weighted by Crippen LogP contribution is -2.27. The van der Waals surface area contributed by atoms with Gasteiger partial charge in [0.1, 0.15) is 5.75 Å². The van der Waals surface area contributed by atoms with E-state index >= 15 is 0 Å². The van der Waals surface area contributed by atoms with Crippen LogP contribution in [0.25, 0.3) is 10.8 Å². The minimum Gasteiger partial charge on any atom is -0.497 e. The Morgan fingerprint density at radius 2 is 1.80 bits per heavy atom. The molecule has 2 N–H and O–H groups in total. The smallest absolute Gasteiger partial charge is 0.119 e. The molecule has 0 aromatic heterocycles. The van der Waals surface area contributed by atoms with Gasteiger partial charge < -0.3 is 15.2 Å². The first-order valence-corrected chi connectivity index (χ1v) is 7.19. The zero-order chi connectivity index (χ0) is 13.9. The standard InChI is InChI=1S/C17H21NO2/c1-19-16-5-4-13-10-15(3-2-14(13)11-16)17(18)12-6-8-20-9-7-12/h2-5,10-12,17H,6-9,18H2,1H3. The summed E-state index contributed by atoms with van der Waals surface area (Å²) in [5.74, 6) is 1.42. The van der Waals surface area contributed by atoms with Crippen molar-refractivity contribution in [3.05, 3.63) is 42.0 Å². The van der Waals surface area contributed by atoms with Gasteiger partial charge in [0.25, 0.3) is 0 Å². The highest BCUT2D eigenvalue weighted by Crippen LogP contribution is 2.30. The van der Waals surface area contributed by atoms with Crippen molar-refractivity contribution in [1.82, 2.24) is 0 Å². The molecule has 1 atom stereocenters. The van der Waals surface area contributed by atoms with Crippen molar-refractivity contribution in [3.8, 4) is 5.75 Å². The molecule has 0 aliphatic carbocycles. The Balaban J connectivity index is 1.88. The summed E-state index contributed by atoms with van der Waals surface area (Å²) in [4.78, 5) is 0. The summed E-state index contributed by atoms with van der Waals surface area (Å²) in [5.41, 5.74) is 7.65. The van der Waals surface area contributed by atoms with Gasteiger partial charge >= 0.3 is 0 Å². The van der Waals surface area contributed by atoms with Crippen molar-refractivity contribution in [3.63, 3.8) is 0 Å². The van der Waals surface area contributed by atoms with E-state index in [0.29, 0.717) is 5.92 Å². The summed E-state index contributed by atoms with van der Waals surface area (Å²) < 4.78 is 10.7. The summed E-state index contributed by atoms with van der Waals surface area (Å²) in [6.45, 7) is 1.67. The molecule has 0 spiro atoms. The van der Waals surface area contributed by atoms with Crippen LogP contribution in [0.4, 0.5) is 0 Å². The first kappa shape index (κ1) is 13.4. The van der Waals surface area contributed by atoms with Crippen LogP contribution in [0, 0.1) is 5.92 Å². The normalized spacial score (nSPS) is 18.1. The van der Waals surface area contributed by atoms with E-state index in [-0.39, 0.29) is 6.04 Å². The molecule has 1 aliphatic heterocycles. The molecule has 106 valence electrons. The van der Waals surface area contributed by atoms with Gasteiger partial charge in [0.2, 0.25) is 0 Å². The molecule has 0 bridgehead atoms. The highest BCUT2D eigenvalue weighted by Gasteiger charge is 2.22. The molecule has 2 aromatic rings. The van der Waals surface area contributed by atoms with E-state index in [1.165, 1.54) is 16.3 Å². The molecule has 2 aromatic carbocycles. The van der Waals surface area contributed by atoms with Crippen LogP contribution < -0.4 is 10.5 Å². The van der Waals surface area contributed by atoms with E-state index in [2.05, 4.69) is 30.3 Å². The Morgan fingerprint density at radius 3 is 2.55 bits per heavy atom. The third kappa shape index (κ3) is 2.65. The zero-order valence-corrected chi connectivity index (χ0v) is 11.8. The first-order valence-electron chi connectivity index (χ1n) is 7.19. The lowest BCUT2D eigenvalue weighted by atomic mass is 9.87. The predicted molar refractivity (Wildman–Crippen MR) is 81.0 cm³/mol. The second-order valence-corrected chi connectivity index (χ2v) is 5.45. The monoisotopic (exact) mass is 271 g/mol. The molecule has 3 rings (SSSR count). The summed E-state index contributed by atoms with van der Waals surface area (Å²) in [6.07, 6.45) is 2.11. The number of hydrogen-bond acceptors (Lipinski definition) is 3. The van der Waals surface area contributed by atoms with Crippen LogP contribution in [0.2, 0.25) is 0 Å². The highest BCUT2D eigenvalue weighted by atomic mass is 16.5. The number of ether oxygens (including phenoxy) is 2. The molecule has 1 fully saturated rings. The Kier molecular flexibility index (Phi) is 3.90. The predicted octanol–water partition coefficient (Wildman–Crippen LogP) is 3.27. The maximum atomic E-state index is 6.44. The summed E-state index contributed by atoms with van der Waals surface area (Å²) in [5, 5.41) is 2.40. The number of hydrogen-bond donors (Lipinski definition) is 1. The van der Waals surface area contributed by atoms with E-state index < -0.39 is 0 Å². The summed E-state index contributed by atoms with van der Waals surface area (Å²) in [7, 11) is 1.69. The average molecular weight is 271 g/mol. The molecule has 1 unspecified atom stereocenters. The molecule has 0 radical (unpaired) electrons. The Bertz CT molecular complexity index is 591. The Morgan fingerprint density at radius 1 is 1.10 bits per heavy atom. The van der Waals surface area contributed by atoms with Gasteiger partial charge in [-0.15, -0.1) is 0 Å². The van der Waals surface area contributed by atoms with Crippen LogP contribution in [0.5, 0.6) is 5.75 Å². The van der Waals surface area contributed by atoms with Gasteiger partial charge in [-0.3, -0.25) is 0 Å². The van der Waals surface area contributed by atoms with E-state index in [0.717, 1.165) is 31.8 Å². The van der Waals surface area contributed by atoms with Gasteiger partial charge in [0, 0.05) is 19.3 Å². The van der Waals surface area contributed by atoms with Crippen LogP contribution in [0.15, 0.2) is 36.4 Å². The quantitative estimate of drug-likeness (QED) is 0.931. The second-order valence-electron chi connectivity index (χ2n) is 5.45. The number of nitrogens with two attached hydrogens (primary N) is 1. The Hall–Kier alpha value is -1.58. The maximum absolute atomic E-state index is 6.44. The lowest BCUT2D eigenvalue weighted by Gasteiger charge is -2.28. The van der Waals surface area contributed by atoms with Gasteiger partial charge in [0.15, 0.2) is 0 Å². The fraction of sp³-hybridized carbons (Fsp3) is 0.412. The van der Waals surface area contributed by atoms with Crippen LogP contribution in [-0.4, -0.2) is 20.3 Å². The molecule has 0 amide bonds. The van der Waals surface area contributed by atoms with Crippen molar-refractivity contribution in [1.29, 1.82) is 0 Å². The molecule has 1 heterocycles. The molecule has 1 saturated heterocycles. The molecule has 0 saturated carbocycles. The van der Waals surface area contributed by atoms with Crippen LogP contribution in [0.1, 0.15) is 24.4 Å². The van der Waals surface area contributed by atoms with Gasteiger partial charge in [-0.25, -0.2) is 0 Å². The zero-order valence-electron chi connectivity index (χ0n) is 11.8. The molecule has 1 aliphatic rings. The van der Waals surface area contributed by atoms with E-state index in [9.17, 15) is 0 Å². The minimum absolute atomic E-state index is 0.102. The Labute approximate surface area is 119 Å². The largest absolute Gasteiger partial charge is 0.497 e. The van der Waals surface area contributed by atoms with E-state index in [4.69, 9.17) is 15.2 Å². The van der Waals surface area contributed by atoms with Gasteiger partial charge in [-0.2, -0.15) is 0 Å². The fourth-order valence-electron chi connectivity index (χ4n) is 2.92. The summed E-state index contributed by atoms with van der Waals surface area (Å²) >= 11 is 0. The molecule has 20 heavy (non-hydrogen) atoms.